The van der Waals surface area contributed by atoms with Gasteiger partial charge in [-0.25, -0.2) is 0 Å². The van der Waals surface area contributed by atoms with Crippen LogP contribution in [0, 0.1) is 0 Å². The van der Waals surface area contributed by atoms with Gasteiger partial charge in [0.2, 0.25) is 0 Å². The van der Waals surface area contributed by atoms with Crippen molar-refractivity contribution in [2.24, 2.45) is 0 Å². The molecule has 2 atom stereocenters. The van der Waals surface area contributed by atoms with Gasteiger partial charge < -0.3 is 15.0 Å². The van der Waals surface area contributed by atoms with Crippen molar-refractivity contribution in [1.82, 2.24) is 0 Å². The fraction of sp³-hybridized carbons (Fsp3) is 0.269. The molecule has 0 radical (unpaired) electrons. The van der Waals surface area contributed by atoms with Crippen LogP contribution in [0.3, 0.4) is 0 Å². The normalized spacial score (nSPS) is 18.7. The van der Waals surface area contributed by atoms with E-state index in [4.69, 9.17) is 9.90 Å². The number of aliphatic hydroxyl groups is 1. The molecule has 4 rings (SSSR count). The molecule has 1 fully saturated rings. The number of hydrogen-bond donors (Lipinski definition) is 1. The van der Waals surface area contributed by atoms with Gasteiger partial charge in [0.1, 0.15) is 34.8 Å². The fourth-order valence-corrected chi connectivity index (χ4v) is 9.76. The Balaban J connectivity index is 0.000000383. The van der Waals surface area contributed by atoms with E-state index in [0.29, 0.717) is 0 Å². The zero-order chi connectivity index (χ0) is 23.9. The van der Waals surface area contributed by atoms with Gasteiger partial charge in [-0.05, 0) is 55.7 Å². The van der Waals surface area contributed by atoms with Crippen LogP contribution in [-0.2, 0) is 4.79 Å². The van der Waals surface area contributed by atoms with Gasteiger partial charge in [0, 0.05) is 0 Å². The lowest BCUT2D eigenvalue weighted by Crippen LogP contribution is -2.45. The molecule has 174 valence electrons. The first-order chi connectivity index (χ1) is 15.8. The molecule has 0 aromatic heterocycles. The summed E-state index contributed by atoms with van der Waals surface area (Å²) < 4.78 is 31.5. The standard InChI is InChI=1S/C24H26OP.C2HF3O2/c25-23-18-10-11-19-24(23)26(20-12-4-1-5-13-20,21-14-6-2-7-15-21)22-16-8-3-9-17-22;3-2(4,5)1(6)7/h1-9,12-17,23-25H,10-11,18-19H2;(H,6,7)/q+1;/p-1/t23-,24-;/m0./s1. The molecule has 0 unspecified atom stereocenters. The molecular formula is C26H26F3O3P. The number of aliphatic carboxylic acids is 1. The Hall–Kier alpha value is -2.69. The van der Waals surface area contributed by atoms with E-state index in [1.165, 1.54) is 22.3 Å². The number of benzene rings is 3. The summed E-state index contributed by atoms with van der Waals surface area (Å²) in [5.41, 5.74) is 0.281. The largest absolute Gasteiger partial charge is 0.542 e. The smallest absolute Gasteiger partial charge is 0.430 e. The van der Waals surface area contributed by atoms with Gasteiger partial charge in [-0.1, -0.05) is 61.0 Å². The first kappa shape index (κ1) is 24.9. The minimum absolute atomic E-state index is 0.238. The average molecular weight is 474 g/mol. The quantitative estimate of drug-likeness (QED) is 0.588. The molecule has 0 aliphatic heterocycles. The summed E-state index contributed by atoms with van der Waals surface area (Å²) in [6.45, 7) is 0. The minimum Gasteiger partial charge on any atom is -0.542 e. The lowest BCUT2D eigenvalue weighted by molar-refractivity contribution is -0.344. The van der Waals surface area contributed by atoms with Gasteiger partial charge in [0.15, 0.2) is 0 Å². The monoisotopic (exact) mass is 474 g/mol. The SMILES string of the molecule is O=C([O-])C(F)(F)F.O[C@H]1CCCC[C@@H]1[P+](c1ccccc1)(c1ccccc1)c1ccccc1. The molecule has 0 saturated heterocycles. The van der Waals surface area contributed by atoms with E-state index in [2.05, 4.69) is 91.0 Å². The highest BCUT2D eigenvalue weighted by molar-refractivity contribution is 7.96. The highest BCUT2D eigenvalue weighted by Crippen LogP contribution is 2.63. The summed E-state index contributed by atoms with van der Waals surface area (Å²) in [6, 6.07) is 32.8. The highest BCUT2D eigenvalue weighted by atomic mass is 31.2. The Morgan fingerprint density at radius 2 is 1.09 bits per heavy atom. The van der Waals surface area contributed by atoms with E-state index in [9.17, 15) is 18.3 Å². The van der Waals surface area contributed by atoms with E-state index in [0.717, 1.165) is 19.3 Å². The van der Waals surface area contributed by atoms with Crippen LogP contribution in [0.15, 0.2) is 91.0 Å². The van der Waals surface area contributed by atoms with Crippen LogP contribution in [0.5, 0.6) is 0 Å². The van der Waals surface area contributed by atoms with E-state index < -0.39 is 19.4 Å². The number of hydrogen-bond acceptors (Lipinski definition) is 3. The molecule has 1 aliphatic rings. The summed E-state index contributed by atoms with van der Waals surface area (Å²) in [4.78, 5) is 8.78. The average Bonchev–Trinajstić information content (AvgIpc) is 2.83. The lowest BCUT2D eigenvalue weighted by atomic mass is 9.97. The number of alkyl halides is 3. The van der Waals surface area contributed by atoms with Crippen molar-refractivity contribution in [2.75, 3.05) is 0 Å². The van der Waals surface area contributed by atoms with Crippen LogP contribution < -0.4 is 21.0 Å². The van der Waals surface area contributed by atoms with Crippen molar-refractivity contribution in [3.8, 4) is 0 Å². The van der Waals surface area contributed by atoms with Crippen molar-refractivity contribution in [2.45, 2.75) is 43.6 Å². The van der Waals surface area contributed by atoms with Gasteiger partial charge >= 0.3 is 6.18 Å². The summed E-state index contributed by atoms with van der Waals surface area (Å²) in [7, 11) is -1.93. The topological polar surface area (TPSA) is 60.4 Å². The Labute approximate surface area is 192 Å². The second-order valence-corrected chi connectivity index (χ2v) is 11.6. The van der Waals surface area contributed by atoms with Crippen molar-refractivity contribution in [3.05, 3.63) is 91.0 Å². The molecule has 7 heteroatoms. The van der Waals surface area contributed by atoms with E-state index in [1.807, 2.05) is 0 Å². The highest BCUT2D eigenvalue weighted by Gasteiger charge is 2.55. The van der Waals surface area contributed by atoms with Crippen LogP contribution in [0.4, 0.5) is 13.2 Å². The molecule has 0 heterocycles. The number of carboxylic acids is 1. The second kappa shape index (κ2) is 11.0. The molecule has 0 bridgehead atoms. The maximum atomic E-state index is 11.1. The third-order valence-corrected chi connectivity index (χ3v) is 10.8. The Morgan fingerprint density at radius 3 is 1.39 bits per heavy atom. The minimum atomic E-state index is -5.19. The summed E-state index contributed by atoms with van der Waals surface area (Å²) in [6.07, 6.45) is -1.09. The number of aliphatic hydroxyl groups excluding tert-OH is 1. The van der Waals surface area contributed by atoms with E-state index >= 15 is 0 Å². The van der Waals surface area contributed by atoms with Gasteiger partial charge in [0.25, 0.3) is 0 Å². The van der Waals surface area contributed by atoms with Crippen molar-refractivity contribution in [1.29, 1.82) is 0 Å². The summed E-state index contributed by atoms with van der Waals surface area (Å²) in [5, 5.41) is 24.0. The number of rotatable bonds is 4. The van der Waals surface area contributed by atoms with Crippen LogP contribution >= 0.6 is 7.26 Å². The zero-order valence-electron chi connectivity index (χ0n) is 18.0. The lowest BCUT2D eigenvalue weighted by Gasteiger charge is -2.39. The predicted octanol–water partition coefficient (Wildman–Crippen LogP) is 3.58. The van der Waals surface area contributed by atoms with Crippen LogP contribution in [0.25, 0.3) is 0 Å². The molecule has 1 N–H and O–H groups in total. The molecular weight excluding hydrogens is 448 g/mol. The number of carbonyl (C=O) groups excluding carboxylic acids is 1. The van der Waals surface area contributed by atoms with Crippen molar-refractivity contribution in [3.63, 3.8) is 0 Å². The van der Waals surface area contributed by atoms with Gasteiger partial charge in [-0.3, -0.25) is 0 Å². The molecule has 1 aliphatic carbocycles. The predicted molar refractivity (Wildman–Crippen MR) is 124 cm³/mol. The van der Waals surface area contributed by atoms with Crippen LogP contribution in [0.2, 0.25) is 0 Å². The molecule has 3 aromatic carbocycles. The van der Waals surface area contributed by atoms with Gasteiger partial charge in [-0.2, -0.15) is 13.2 Å². The van der Waals surface area contributed by atoms with Gasteiger partial charge in [0.05, 0.1) is 6.10 Å². The number of halogens is 3. The maximum Gasteiger partial charge on any atom is 0.430 e. The summed E-state index contributed by atoms with van der Waals surface area (Å²) >= 11 is 0. The first-order valence-corrected chi connectivity index (χ1v) is 12.7. The second-order valence-electron chi connectivity index (χ2n) is 7.93. The third-order valence-electron chi connectivity index (χ3n) is 5.91. The van der Waals surface area contributed by atoms with Crippen LogP contribution in [-0.4, -0.2) is 29.0 Å². The Bertz CT molecular complexity index is 915. The zero-order valence-corrected chi connectivity index (χ0v) is 18.9. The number of carbonyl (C=O) groups is 1. The molecule has 3 nitrogen and oxygen atoms in total. The van der Waals surface area contributed by atoms with Crippen molar-refractivity contribution >= 4 is 29.1 Å². The maximum absolute atomic E-state index is 11.1. The molecule has 0 spiro atoms. The van der Waals surface area contributed by atoms with Crippen LogP contribution in [0.1, 0.15) is 25.7 Å². The van der Waals surface area contributed by atoms with Gasteiger partial charge in [-0.15, -0.1) is 0 Å². The fourth-order valence-electron chi connectivity index (χ4n) is 4.55. The third kappa shape index (κ3) is 5.63. The summed E-state index contributed by atoms with van der Waals surface area (Å²) in [5.74, 6) is -3.01. The number of carboxylic acid groups (broad SMARTS) is 1. The molecule has 33 heavy (non-hydrogen) atoms. The molecule has 0 amide bonds. The van der Waals surface area contributed by atoms with Crippen molar-refractivity contribution < 1.29 is 28.2 Å². The van der Waals surface area contributed by atoms with E-state index in [-0.39, 0.29) is 11.8 Å². The molecule has 3 aromatic rings. The Morgan fingerprint density at radius 1 is 0.758 bits per heavy atom. The first-order valence-electron chi connectivity index (χ1n) is 10.8. The van der Waals surface area contributed by atoms with E-state index in [1.54, 1.807) is 0 Å². The molecule has 1 saturated carbocycles. The Kier molecular flexibility index (Phi) is 8.28.